The Morgan fingerprint density at radius 3 is 3.18 bits per heavy atom. The first-order valence-electron chi connectivity index (χ1n) is 5.48. The van der Waals surface area contributed by atoms with E-state index in [1.165, 1.54) is 12.2 Å². The summed E-state index contributed by atoms with van der Waals surface area (Å²) in [6, 6.07) is 3.16. The maximum atomic E-state index is 11.9. The van der Waals surface area contributed by atoms with Crippen molar-refractivity contribution in [2.45, 2.75) is 18.1 Å². The van der Waals surface area contributed by atoms with Gasteiger partial charge in [0.25, 0.3) is 5.91 Å². The van der Waals surface area contributed by atoms with Crippen molar-refractivity contribution in [3.05, 3.63) is 22.8 Å². The minimum atomic E-state index is -0.255. The molecule has 1 aliphatic rings. The lowest BCUT2D eigenvalue weighted by atomic mass is 10.2. The van der Waals surface area contributed by atoms with Gasteiger partial charge in [-0.2, -0.15) is 11.8 Å². The number of pyridine rings is 1. The number of halogens is 1. The van der Waals surface area contributed by atoms with Crippen LogP contribution in [-0.4, -0.2) is 28.4 Å². The zero-order valence-electron chi connectivity index (χ0n) is 9.28. The second kappa shape index (κ2) is 5.60. The number of nitrogens with two attached hydrogens (primary N) is 1. The minimum absolute atomic E-state index is 0.203. The van der Waals surface area contributed by atoms with Gasteiger partial charge in [0, 0.05) is 11.8 Å². The molecule has 92 valence electrons. The lowest BCUT2D eigenvalue weighted by Gasteiger charge is -2.10. The van der Waals surface area contributed by atoms with Gasteiger partial charge in [-0.25, -0.2) is 4.98 Å². The molecular weight excluding hydrogens is 258 g/mol. The molecule has 0 saturated carbocycles. The van der Waals surface area contributed by atoms with E-state index in [1.807, 2.05) is 11.8 Å². The molecule has 1 atom stereocenters. The molecule has 0 radical (unpaired) electrons. The van der Waals surface area contributed by atoms with Crippen LogP contribution in [0.3, 0.4) is 0 Å². The molecule has 0 aliphatic carbocycles. The van der Waals surface area contributed by atoms with Crippen molar-refractivity contribution in [3.63, 3.8) is 0 Å². The van der Waals surface area contributed by atoms with Gasteiger partial charge in [-0.3, -0.25) is 4.79 Å². The highest BCUT2D eigenvalue weighted by Crippen LogP contribution is 2.25. The Morgan fingerprint density at radius 2 is 2.47 bits per heavy atom. The first-order chi connectivity index (χ1) is 8.16. The van der Waals surface area contributed by atoms with Crippen LogP contribution >= 0.6 is 23.4 Å². The quantitative estimate of drug-likeness (QED) is 0.882. The Bertz CT molecular complexity index is 421. The fourth-order valence-corrected chi connectivity index (χ4v) is 3.10. The van der Waals surface area contributed by atoms with Crippen molar-refractivity contribution in [1.29, 1.82) is 0 Å². The number of thioether (sulfide) groups is 1. The normalized spacial score (nSPS) is 19.2. The summed E-state index contributed by atoms with van der Waals surface area (Å²) >= 11 is 7.80. The number of nitrogens with one attached hydrogen (secondary N) is 1. The summed E-state index contributed by atoms with van der Waals surface area (Å²) < 4.78 is 0. The zero-order valence-corrected chi connectivity index (χ0v) is 10.9. The van der Waals surface area contributed by atoms with Crippen LogP contribution in [0.25, 0.3) is 0 Å². The van der Waals surface area contributed by atoms with Gasteiger partial charge in [-0.15, -0.1) is 0 Å². The molecule has 1 aliphatic heterocycles. The number of aromatic nitrogens is 1. The molecule has 3 N–H and O–H groups in total. The number of anilines is 1. The number of nitrogens with zero attached hydrogens (tertiary/aromatic N) is 1. The molecule has 17 heavy (non-hydrogen) atoms. The Labute approximate surface area is 109 Å². The Balaban J connectivity index is 1.96. The molecule has 1 fully saturated rings. The van der Waals surface area contributed by atoms with E-state index in [1.54, 1.807) is 12.1 Å². The molecule has 6 heteroatoms. The smallest absolute Gasteiger partial charge is 0.271 e. The van der Waals surface area contributed by atoms with Gasteiger partial charge in [-0.1, -0.05) is 11.6 Å². The maximum absolute atomic E-state index is 11.9. The predicted octanol–water partition coefficient (Wildman–Crippen LogP) is 1.94. The van der Waals surface area contributed by atoms with Crippen LogP contribution in [0.5, 0.6) is 0 Å². The minimum Gasteiger partial charge on any atom is -0.384 e. The topological polar surface area (TPSA) is 68.0 Å². The Hall–Kier alpha value is -0.940. The highest BCUT2D eigenvalue weighted by Gasteiger charge is 2.18. The molecule has 1 aromatic heterocycles. The van der Waals surface area contributed by atoms with E-state index in [2.05, 4.69) is 10.3 Å². The molecule has 1 saturated heterocycles. The van der Waals surface area contributed by atoms with Gasteiger partial charge in [0.1, 0.15) is 11.5 Å². The molecular formula is C11H14ClN3OS. The molecule has 2 rings (SSSR count). The molecule has 0 spiro atoms. The monoisotopic (exact) mass is 271 g/mol. The van der Waals surface area contributed by atoms with Gasteiger partial charge < -0.3 is 11.1 Å². The van der Waals surface area contributed by atoms with E-state index < -0.39 is 0 Å². The fraction of sp³-hybridized carbons (Fsp3) is 0.455. The first-order valence-corrected chi connectivity index (χ1v) is 6.91. The van der Waals surface area contributed by atoms with Crippen LogP contribution in [0, 0.1) is 0 Å². The van der Waals surface area contributed by atoms with Crippen molar-refractivity contribution in [1.82, 2.24) is 10.3 Å². The van der Waals surface area contributed by atoms with Gasteiger partial charge in [-0.05, 0) is 30.7 Å². The van der Waals surface area contributed by atoms with E-state index in [9.17, 15) is 4.79 Å². The third-order valence-corrected chi connectivity index (χ3v) is 4.30. The maximum Gasteiger partial charge on any atom is 0.271 e. The molecule has 4 nitrogen and oxygen atoms in total. The number of carbonyl (C=O) groups excluding carboxylic acids is 1. The highest BCUT2D eigenvalue weighted by molar-refractivity contribution is 8.00. The first kappa shape index (κ1) is 12.5. The van der Waals surface area contributed by atoms with Crippen LogP contribution in [0.15, 0.2) is 12.1 Å². The van der Waals surface area contributed by atoms with Gasteiger partial charge in [0.15, 0.2) is 0 Å². The second-order valence-electron chi connectivity index (χ2n) is 3.91. The predicted molar refractivity (Wildman–Crippen MR) is 71.5 cm³/mol. The van der Waals surface area contributed by atoms with E-state index in [0.29, 0.717) is 22.6 Å². The van der Waals surface area contributed by atoms with Crippen LogP contribution in [-0.2, 0) is 0 Å². The molecule has 1 amide bonds. The van der Waals surface area contributed by atoms with Crippen LogP contribution in [0.1, 0.15) is 23.3 Å². The van der Waals surface area contributed by atoms with Gasteiger partial charge >= 0.3 is 0 Å². The van der Waals surface area contributed by atoms with E-state index in [0.717, 1.165) is 6.42 Å². The SMILES string of the molecule is Nc1ccc(Cl)c(C(=O)NCC2CCCS2)n1. The van der Waals surface area contributed by atoms with Crippen LogP contribution < -0.4 is 11.1 Å². The molecule has 1 aromatic rings. The molecule has 2 heterocycles. The lowest BCUT2D eigenvalue weighted by Crippen LogP contribution is -2.30. The van der Waals surface area contributed by atoms with Crippen molar-refractivity contribution >= 4 is 35.1 Å². The number of hydrogen-bond acceptors (Lipinski definition) is 4. The highest BCUT2D eigenvalue weighted by atomic mass is 35.5. The van der Waals surface area contributed by atoms with Crippen molar-refractivity contribution in [2.75, 3.05) is 18.0 Å². The summed E-state index contributed by atoms with van der Waals surface area (Å²) in [5.41, 5.74) is 5.73. The summed E-state index contributed by atoms with van der Waals surface area (Å²) in [6.45, 7) is 0.663. The number of amides is 1. The average Bonchev–Trinajstić information content (AvgIpc) is 2.82. The van der Waals surface area contributed by atoms with E-state index in [-0.39, 0.29) is 11.6 Å². The Kier molecular flexibility index (Phi) is 4.12. The molecule has 0 bridgehead atoms. The van der Waals surface area contributed by atoms with Gasteiger partial charge in [0.05, 0.1) is 5.02 Å². The van der Waals surface area contributed by atoms with Crippen molar-refractivity contribution in [2.24, 2.45) is 0 Å². The standard InChI is InChI=1S/C11H14ClN3OS/c12-8-3-4-9(13)15-10(8)11(16)14-6-7-2-1-5-17-7/h3-4,7H,1-2,5-6H2,(H2,13,15)(H,14,16). The summed E-state index contributed by atoms with van der Waals surface area (Å²) in [6.07, 6.45) is 2.38. The second-order valence-corrected chi connectivity index (χ2v) is 5.73. The number of nitrogen functional groups attached to an aromatic ring is 1. The van der Waals surface area contributed by atoms with Crippen molar-refractivity contribution < 1.29 is 4.79 Å². The third kappa shape index (κ3) is 3.26. The van der Waals surface area contributed by atoms with Gasteiger partial charge in [0.2, 0.25) is 0 Å². The van der Waals surface area contributed by atoms with Crippen molar-refractivity contribution in [3.8, 4) is 0 Å². The van der Waals surface area contributed by atoms with E-state index in [4.69, 9.17) is 17.3 Å². The number of carbonyl (C=O) groups is 1. The van der Waals surface area contributed by atoms with E-state index >= 15 is 0 Å². The van der Waals surface area contributed by atoms with Crippen LogP contribution in [0.2, 0.25) is 5.02 Å². The molecule has 0 aromatic carbocycles. The summed E-state index contributed by atoms with van der Waals surface area (Å²) in [5, 5.41) is 3.69. The largest absolute Gasteiger partial charge is 0.384 e. The van der Waals surface area contributed by atoms with Crippen LogP contribution in [0.4, 0.5) is 5.82 Å². The summed E-state index contributed by atoms with van der Waals surface area (Å²) in [5.74, 6) is 1.22. The third-order valence-electron chi connectivity index (χ3n) is 2.60. The summed E-state index contributed by atoms with van der Waals surface area (Å²) in [7, 11) is 0. The average molecular weight is 272 g/mol. The fourth-order valence-electron chi connectivity index (χ4n) is 1.71. The number of hydrogen-bond donors (Lipinski definition) is 2. The Morgan fingerprint density at radius 1 is 1.65 bits per heavy atom. The lowest BCUT2D eigenvalue weighted by molar-refractivity contribution is 0.0949. The summed E-state index contributed by atoms with van der Waals surface area (Å²) in [4.78, 5) is 15.8. The molecule has 1 unspecified atom stereocenters. The zero-order chi connectivity index (χ0) is 12.3. The number of rotatable bonds is 3.